The first-order valence-electron chi connectivity index (χ1n) is 8.66. The Hall–Kier alpha value is -3.10. The van der Waals surface area contributed by atoms with Crippen molar-refractivity contribution >= 4 is 42.4 Å². The van der Waals surface area contributed by atoms with Crippen LogP contribution in [-0.2, 0) is 11.2 Å². The number of pyridine rings is 1. The van der Waals surface area contributed by atoms with Crippen molar-refractivity contribution in [2.45, 2.75) is 32.8 Å². The van der Waals surface area contributed by atoms with Crippen molar-refractivity contribution in [2.75, 3.05) is 16.8 Å². The van der Waals surface area contributed by atoms with E-state index in [4.69, 9.17) is 4.74 Å². The molecule has 140 valence electrons. The summed E-state index contributed by atoms with van der Waals surface area (Å²) in [7, 11) is 1.77. The van der Waals surface area contributed by atoms with E-state index in [1.165, 1.54) is 6.07 Å². The Morgan fingerprint density at radius 1 is 1.33 bits per heavy atom. The molecule has 3 rings (SSSR count). The van der Waals surface area contributed by atoms with Crippen LogP contribution in [0, 0.1) is 10.1 Å². The van der Waals surface area contributed by atoms with Gasteiger partial charge in [-0.05, 0) is 62.6 Å². The molecule has 2 heterocycles. The van der Waals surface area contributed by atoms with Gasteiger partial charge in [-0.25, -0.2) is 9.78 Å². The molecule has 0 unspecified atom stereocenters. The van der Waals surface area contributed by atoms with Crippen LogP contribution in [-0.4, -0.2) is 36.0 Å². The van der Waals surface area contributed by atoms with E-state index in [0.717, 1.165) is 11.3 Å². The summed E-state index contributed by atoms with van der Waals surface area (Å²) in [6.45, 7) is 6.03. The van der Waals surface area contributed by atoms with Crippen molar-refractivity contribution < 1.29 is 14.5 Å². The highest BCUT2D eigenvalue weighted by Crippen LogP contribution is 2.33. The average Bonchev–Trinajstić information content (AvgIpc) is 2.96. The molecule has 0 aliphatic carbocycles. The molecule has 9 heteroatoms. The van der Waals surface area contributed by atoms with Crippen LogP contribution in [0.1, 0.15) is 26.3 Å². The van der Waals surface area contributed by atoms with Gasteiger partial charge in [0, 0.05) is 18.3 Å². The molecule has 0 saturated heterocycles. The van der Waals surface area contributed by atoms with E-state index in [0.29, 0.717) is 24.2 Å². The number of nitro groups is 1. The third kappa shape index (κ3) is 4.19. The maximum atomic E-state index is 12.4. The maximum Gasteiger partial charge on any atom is 0.414 e. The summed E-state index contributed by atoms with van der Waals surface area (Å²) >= 11 is 0. The number of carbonyl (C=O) groups is 1. The second kappa shape index (κ2) is 6.90. The average molecular weight is 368 g/mol. The molecule has 27 heavy (non-hydrogen) atoms. The van der Waals surface area contributed by atoms with Gasteiger partial charge in [-0.3, -0.25) is 15.0 Å². The zero-order chi connectivity index (χ0) is 19.8. The molecule has 1 aromatic carbocycles. The van der Waals surface area contributed by atoms with Crippen molar-refractivity contribution in [3.8, 4) is 0 Å². The molecule has 0 radical (unpaired) electrons. The summed E-state index contributed by atoms with van der Waals surface area (Å²) < 4.78 is 5.45. The first kappa shape index (κ1) is 18.7. The molecule has 0 spiro atoms. The molecule has 1 aromatic heterocycles. The summed E-state index contributed by atoms with van der Waals surface area (Å²) in [5.41, 5.74) is 2.48. The van der Waals surface area contributed by atoms with E-state index >= 15 is 0 Å². The Morgan fingerprint density at radius 2 is 2.07 bits per heavy atom. The van der Waals surface area contributed by atoms with Crippen molar-refractivity contribution in [1.29, 1.82) is 0 Å². The fourth-order valence-corrected chi connectivity index (χ4v) is 2.91. The summed E-state index contributed by atoms with van der Waals surface area (Å²) in [5.74, 6) is 0.196. The zero-order valence-electron chi connectivity index (χ0n) is 15.8. The number of ether oxygens (including phenoxy) is 1. The first-order chi connectivity index (χ1) is 12.6. The third-order valence-corrected chi connectivity index (χ3v) is 4.06. The van der Waals surface area contributed by atoms with E-state index in [-0.39, 0.29) is 17.6 Å². The van der Waals surface area contributed by atoms with Crippen LogP contribution in [0.3, 0.4) is 0 Å². The quantitative estimate of drug-likeness (QED) is 0.507. The lowest BCUT2D eigenvalue weighted by Gasteiger charge is -2.24. The van der Waals surface area contributed by atoms with Crippen LogP contribution >= 0.6 is 0 Å². The number of carbonyl (C=O) groups excluding carboxylic acids is 1. The number of aromatic nitrogens is 1. The molecule has 1 amide bonds. The second-order valence-corrected chi connectivity index (χ2v) is 7.43. The van der Waals surface area contributed by atoms with E-state index in [2.05, 4.69) is 10.3 Å². The van der Waals surface area contributed by atoms with E-state index in [9.17, 15) is 14.9 Å². The molecule has 0 saturated carbocycles. The Balaban J connectivity index is 1.84. The predicted molar refractivity (Wildman–Crippen MR) is 106 cm³/mol. The van der Waals surface area contributed by atoms with E-state index in [1.54, 1.807) is 24.9 Å². The Kier molecular flexibility index (Phi) is 4.78. The van der Waals surface area contributed by atoms with E-state index in [1.807, 2.05) is 32.9 Å². The van der Waals surface area contributed by atoms with Gasteiger partial charge in [-0.1, -0.05) is 0 Å². The van der Waals surface area contributed by atoms with Crippen molar-refractivity contribution in [2.24, 2.45) is 0 Å². The number of rotatable bonds is 3. The highest BCUT2D eigenvalue weighted by atomic mass is 16.6. The smallest absolute Gasteiger partial charge is 0.414 e. The number of anilines is 3. The zero-order valence-corrected chi connectivity index (χ0v) is 15.8. The van der Waals surface area contributed by atoms with E-state index < -0.39 is 10.5 Å². The molecule has 0 bridgehead atoms. The largest absolute Gasteiger partial charge is 0.443 e. The van der Waals surface area contributed by atoms with Crippen molar-refractivity contribution in [3.05, 3.63) is 46.0 Å². The summed E-state index contributed by atoms with van der Waals surface area (Å²) in [5, 5.41) is 14.2. The Morgan fingerprint density at radius 3 is 2.74 bits per heavy atom. The van der Waals surface area contributed by atoms with Crippen LogP contribution < -0.4 is 15.8 Å². The normalized spacial score (nSPS) is 13.2. The van der Waals surface area contributed by atoms with Crippen molar-refractivity contribution in [3.63, 3.8) is 0 Å². The Labute approximate surface area is 158 Å². The Bertz CT molecular complexity index is 911. The first-order valence-corrected chi connectivity index (χ1v) is 8.66. The van der Waals surface area contributed by atoms with Gasteiger partial charge in [0.25, 0.3) is 0 Å². The lowest BCUT2D eigenvalue weighted by molar-refractivity contribution is -0.384. The number of hydrogen-bond donors (Lipinski definition) is 1. The fraction of sp³-hybridized carbons (Fsp3) is 0.333. The summed E-state index contributed by atoms with van der Waals surface area (Å²) in [6.07, 6.45) is 0.311. The van der Waals surface area contributed by atoms with Crippen LogP contribution in [0.4, 0.5) is 27.7 Å². The number of benzene rings is 1. The number of nitrogens with one attached hydrogen (secondary N) is 1. The van der Waals surface area contributed by atoms with Gasteiger partial charge >= 0.3 is 11.8 Å². The molecular weight excluding hydrogens is 347 g/mol. The molecule has 0 atom stereocenters. The number of hydrogen-bond acceptors (Lipinski definition) is 6. The van der Waals surface area contributed by atoms with Crippen molar-refractivity contribution in [1.82, 2.24) is 4.98 Å². The standard InChI is InChI=1S/C18H21BN4O4/c1-18(2,3)27-17(24)22-9-8-11-10-12(4-5-13(11)22)20-16-14(23(25)26)6-7-15(19)21-16/h4-7,10H,8-9,19H2,1-3H3,(H,20,21). The number of fused-ring (bicyclic) bond motifs is 1. The van der Waals surface area contributed by atoms with Gasteiger partial charge in [-0.2, -0.15) is 0 Å². The number of amides is 1. The van der Waals surface area contributed by atoms with Gasteiger partial charge in [-0.15, -0.1) is 0 Å². The molecule has 1 aliphatic heterocycles. The van der Waals surface area contributed by atoms with Gasteiger partial charge in [0.05, 0.1) is 10.6 Å². The fourth-order valence-electron chi connectivity index (χ4n) is 2.91. The molecule has 1 aliphatic rings. The predicted octanol–water partition coefficient (Wildman–Crippen LogP) is 2.29. The molecular formula is C18H21BN4O4. The SMILES string of the molecule is Bc1ccc([N+](=O)[O-])c(Nc2ccc3c(c2)CCN3C(=O)OC(C)(C)C)n1. The molecule has 2 aromatic rings. The topological polar surface area (TPSA) is 97.6 Å². The van der Waals surface area contributed by atoms with Crippen LogP contribution in [0.2, 0.25) is 0 Å². The highest BCUT2D eigenvalue weighted by molar-refractivity contribution is 6.30. The summed E-state index contributed by atoms with van der Waals surface area (Å²) in [6, 6.07) is 8.51. The third-order valence-electron chi connectivity index (χ3n) is 4.06. The van der Waals surface area contributed by atoms with Crippen LogP contribution in [0.25, 0.3) is 0 Å². The van der Waals surface area contributed by atoms with Crippen LogP contribution in [0.5, 0.6) is 0 Å². The lowest BCUT2D eigenvalue weighted by atomic mass is 10.0. The second-order valence-electron chi connectivity index (χ2n) is 7.43. The maximum absolute atomic E-state index is 12.4. The van der Waals surface area contributed by atoms with Crippen LogP contribution in [0.15, 0.2) is 30.3 Å². The minimum atomic E-state index is -0.558. The minimum Gasteiger partial charge on any atom is -0.443 e. The minimum absolute atomic E-state index is 0.0866. The monoisotopic (exact) mass is 368 g/mol. The van der Waals surface area contributed by atoms with Gasteiger partial charge in [0.1, 0.15) is 5.60 Å². The summed E-state index contributed by atoms with van der Waals surface area (Å²) in [4.78, 5) is 28.9. The molecule has 8 nitrogen and oxygen atoms in total. The molecule has 0 fully saturated rings. The van der Waals surface area contributed by atoms with Gasteiger partial charge in [0.15, 0.2) is 7.85 Å². The lowest BCUT2D eigenvalue weighted by Crippen LogP contribution is -2.35. The highest BCUT2D eigenvalue weighted by Gasteiger charge is 2.29. The van der Waals surface area contributed by atoms with Gasteiger partial charge in [0.2, 0.25) is 5.82 Å². The van der Waals surface area contributed by atoms with Gasteiger partial charge < -0.3 is 10.1 Å². The molecule has 1 N–H and O–H groups in total. The number of nitrogens with zero attached hydrogens (tertiary/aromatic N) is 3.